The summed E-state index contributed by atoms with van der Waals surface area (Å²) in [6.45, 7) is 0. The van der Waals surface area contributed by atoms with Gasteiger partial charge in [0, 0.05) is 55.7 Å². The van der Waals surface area contributed by atoms with E-state index in [0.717, 1.165) is 34.1 Å². The van der Waals surface area contributed by atoms with E-state index in [1.807, 2.05) is 0 Å². The van der Waals surface area contributed by atoms with Crippen LogP contribution in [0.15, 0.2) is 206 Å². The van der Waals surface area contributed by atoms with Gasteiger partial charge in [0.1, 0.15) is 0 Å². The Hall–Kier alpha value is -7.30. The van der Waals surface area contributed by atoms with Gasteiger partial charge in [0.05, 0.1) is 33.1 Å². The molecule has 0 amide bonds. The predicted octanol–water partition coefficient (Wildman–Crippen LogP) is 13.3. The highest BCUT2D eigenvalue weighted by atomic mass is 15.1. The molecular formula is C50H34N4. The lowest BCUT2D eigenvalue weighted by Crippen LogP contribution is -2.10. The highest BCUT2D eigenvalue weighted by Gasteiger charge is 2.26. The Morgan fingerprint density at radius 1 is 0.278 bits per heavy atom. The summed E-state index contributed by atoms with van der Waals surface area (Å²) >= 11 is 0. The van der Waals surface area contributed by atoms with Crippen molar-refractivity contribution < 1.29 is 0 Å². The Kier molecular flexibility index (Phi) is 6.82. The number of rotatable bonds is 6. The van der Waals surface area contributed by atoms with Crippen molar-refractivity contribution in [3.63, 3.8) is 0 Å². The van der Waals surface area contributed by atoms with E-state index in [2.05, 4.69) is 225 Å². The molecule has 54 heavy (non-hydrogen) atoms. The quantitative estimate of drug-likeness (QED) is 0.170. The number of nitrogens with zero attached hydrogens (tertiary/aromatic N) is 4. The summed E-state index contributed by atoms with van der Waals surface area (Å²) in [6.07, 6.45) is 0. The minimum absolute atomic E-state index is 1.09. The Morgan fingerprint density at radius 3 is 1.41 bits per heavy atom. The summed E-state index contributed by atoms with van der Waals surface area (Å²) < 4.78 is 7.40. The van der Waals surface area contributed by atoms with Crippen molar-refractivity contribution in [1.82, 2.24) is 13.7 Å². The maximum Gasteiger partial charge on any atom is 0.0804 e. The number of anilines is 3. The van der Waals surface area contributed by atoms with Gasteiger partial charge >= 0.3 is 0 Å². The zero-order valence-electron chi connectivity index (χ0n) is 29.4. The number of hydrogen-bond acceptors (Lipinski definition) is 1. The fourth-order valence-electron chi connectivity index (χ4n) is 8.61. The Balaban J connectivity index is 1.28. The molecule has 0 aliphatic heterocycles. The van der Waals surface area contributed by atoms with Crippen LogP contribution < -0.4 is 4.90 Å². The SMILES string of the molecule is c1ccc(N(c2ccccc2)c2cccc(-n3c4ccccc4c4c3c3ccc5c(c6ccccc6n5-c5ccccc5)c3n4-c3ccccc3)c2)cc1. The number of para-hydroxylation sites is 6. The van der Waals surface area contributed by atoms with E-state index in [1.54, 1.807) is 0 Å². The van der Waals surface area contributed by atoms with Gasteiger partial charge in [0.2, 0.25) is 0 Å². The zero-order chi connectivity index (χ0) is 35.6. The summed E-state index contributed by atoms with van der Waals surface area (Å²) in [5.74, 6) is 0. The topological polar surface area (TPSA) is 18.0 Å². The van der Waals surface area contributed by atoms with Crippen molar-refractivity contribution in [2.45, 2.75) is 0 Å². The first-order valence-corrected chi connectivity index (χ1v) is 18.5. The van der Waals surface area contributed by atoms with Gasteiger partial charge in [-0.25, -0.2) is 0 Å². The van der Waals surface area contributed by atoms with Crippen LogP contribution in [0.25, 0.3) is 71.7 Å². The van der Waals surface area contributed by atoms with Crippen molar-refractivity contribution in [1.29, 1.82) is 0 Å². The van der Waals surface area contributed by atoms with Crippen molar-refractivity contribution in [2.75, 3.05) is 4.90 Å². The van der Waals surface area contributed by atoms with Crippen LogP contribution in [-0.2, 0) is 0 Å². The summed E-state index contributed by atoms with van der Waals surface area (Å²) in [4.78, 5) is 2.33. The van der Waals surface area contributed by atoms with Gasteiger partial charge in [0.25, 0.3) is 0 Å². The maximum atomic E-state index is 2.51. The lowest BCUT2D eigenvalue weighted by Gasteiger charge is -2.26. The molecule has 0 spiro atoms. The first-order valence-electron chi connectivity index (χ1n) is 18.5. The molecule has 0 unspecified atom stereocenters. The van der Waals surface area contributed by atoms with Crippen molar-refractivity contribution in [3.8, 4) is 17.1 Å². The van der Waals surface area contributed by atoms with Crippen LogP contribution in [0, 0.1) is 0 Å². The molecule has 0 fully saturated rings. The van der Waals surface area contributed by atoms with Crippen molar-refractivity contribution in [2.24, 2.45) is 0 Å². The third kappa shape index (κ3) is 4.50. The highest BCUT2D eigenvalue weighted by molar-refractivity contribution is 6.29. The lowest BCUT2D eigenvalue weighted by atomic mass is 10.1. The maximum absolute atomic E-state index is 2.51. The van der Waals surface area contributed by atoms with Crippen LogP contribution in [0.1, 0.15) is 0 Å². The third-order valence-electron chi connectivity index (χ3n) is 10.8. The average molecular weight is 691 g/mol. The number of fused-ring (bicyclic) bond motifs is 9. The van der Waals surface area contributed by atoms with Gasteiger partial charge in [0.15, 0.2) is 0 Å². The molecule has 0 radical (unpaired) electrons. The highest BCUT2D eigenvalue weighted by Crippen LogP contribution is 2.46. The summed E-state index contributed by atoms with van der Waals surface area (Å²) in [7, 11) is 0. The molecule has 254 valence electrons. The molecule has 0 saturated heterocycles. The smallest absolute Gasteiger partial charge is 0.0804 e. The van der Waals surface area contributed by atoms with E-state index in [0.29, 0.717) is 0 Å². The Bertz CT molecular complexity index is 3100. The molecule has 8 aromatic carbocycles. The second-order valence-corrected chi connectivity index (χ2v) is 13.8. The van der Waals surface area contributed by atoms with Gasteiger partial charge < -0.3 is 18.6 Å². The second kappa shape index (κ2) is 12.1. The normalized spacial score (nSPS) is 11.7. The molecule has 11 rings (SSSR count). The fraction of sp³-hybridized carbons (Fsp3) is 0. The first-order chi connectivity index (χ1) is 26.8. The zero-order valence-corrected chi connectivity index (χ0v) is 29.4. The minimum atomic E-state index is 1.09. The molecule has 0 bridgehead atoms. The minimum Gasteiger partial charge on any atom is -0.310 e. The van der Waals surface area contributed by atoms with Crippen LogP contribution >= 0.6 is 0 Å². The van der Waals surface area contributed by atoms with E-state index in [9.17, 15) is 0 Å². The van der Waals surface area contributed by atoms with Gasteiger partial charge in [-0.15, -0.1) is 0 Å². The van der Waals surface area contributed by atoms with E-state index >= 15 is 0 Å². The second-order valence-electron chi connectivity index (χ2n) is 13.8. The largest absolute Gasteiger partial charge is 0.310 e. The van der Waals surface area contributed by atoms with E-state index in [1.165, 1.54) is 54.6 Å². The van der Waals surface area contributed by atoms with Crippen LogP contribution in [0.3, 0.4) is 0 Å². The van der Waals surface area contributed by atoms with E-state index in [-0.39, 0.29) is 0 Å². The van der Waals surface area contributed by atoms with Crippen LogP contribution in [-0.4, -0.2) is 13.7 Å². The van der Waals surface area contributed by atoms with Gasteiger partial charge in [-0.05, 0) is 91.0 Å². The van der Waals surface area contributed by atoms with Gasteiger partial charge in [-0.3, -0.25) is 0 Å². The third-order valence-corrected chi connectivity index (χ3v) is 10.8. The first kappa shape index (κ1) is 30.3. The molecule has 0 N–H and O–H groups in total. The molecule has 4 heteroatoms. The lowest BCUT2D eigenvalue weighted by molar-refractivity contribution is 1.17. The summed E-state index contributed by atoms with van der Waals surface area (Å²) in [5.41, 5.74) is 13.9. The molecule has 11 aromatic rings. The molecule has 0 atom stereocenters. The van der Waals surface area contributed by atoms with Crippen LogP contribution in [0.2, 0.25) is 0 Å². The average Bonchev–Trinajstić information content (AvgIpc) is 3.88. The predicted molar refractivity (Wildman–Crippen MR) is 227 cm³/mol. The number of benzene rings is 8. The van der Waals surface area contributed by atoms with E-state index in [4.69, 9.17) is 0 Å². The Morgan fingerprint density at radius 2 is 0.759 bits per heavy atom. The Labute approximate surface area is 312 Å². The molecular weight excluding hydrogens is 657 g/mol. The standard InChI is InChI=1S/C50H34N4/c1-5-18-35(19-6-1)51(36-20-7-2-8-21-36)39-26-17-27-40(34-39)53-45-31-16-14-29-42(45)49-50(53)43-32-33-46-47(48(43)54(49)38-24-11-4-12-25-38)41-28-13-15-30-44(41)52(46)37-22-9-3-10-23-37/h1-34H. The molecule has 0 aliphatic rings. The molecule has 3 heterocycles. The number of aromatic nitrogens is 3. The molecule has 0 aliphatic carbocycles. The summed E-state index contributed by atoms with van der Waals surface area (Å²) in [5, 5.41) is 4.90. The molecule has 4 nitrogen and oxygen atoms in total. The monoisotopic (exact) mass is 690 g/mol. The van der Waals surface area contributed by atoms with Crippen molar-refractivity contribution in [3.05, 3.63) is 206 Å². The number of hydrogen-bond donors (Lipinski definition) is 0. The fourth-order valence-corrected chi connectivity index (χ4v) is 8.61. The summed E-state index contributed by atoms with van der Waals surface area (Å²) in [6, 6.07) is 74.2. The molecule has 3 aromatic heterocycles. The van der Waals surface area contributed by atoms with E-state index < -0.39 is 0 Å². The molecule has 0 saturated carbocycles. The van der Waals surface area contributed by atoms with Crippen molar-refractivity contribution >= 4 is 71.7 Å². The van der Waals surface area contributed by atoms with Gasteiger partial charge in [-0.1, -0.05) is 115 Å². The van der Waals surface area contributed by atoms with Crippen LogP contribution in [0.5, 0.6) is 0 Å². The van der Waals surface area contributed by atoms with Gasteiger partial charge in [-0.2, -0.15) is 0 Å². The van der Waals surface area contributed by atoms with Crippen LogP contribution in [0.4, 0.5) is 17.1 Å².